The van der Waals surface area contributed by atoms with Gasteiger partial charge in [-0.1, -0.05) is 6.07 Å². The summed E-state index contributed by atoms with van der Waals surface area (Å²) in [5.41, 5.74) is 0.741. The van der Waals surface area contributed by atoms with E-state index in [4.69, 9.17) is 0 Å². The third-order valence-electron chi connectivity index (χ3n) is 4.59. The van der Waals surface area contributed by atoms with Crippen molar-refractivity contribution in [3.05, 3.63) is 59.2 Å². The molecule has 3 N–H and O–H groups in total. The van der Waals surface area contributed by atoms with E-state index < -0.39 is 28.3 Å². The van der Waals surface area contributed by atoms with E-state index in [0.717, 1.165) is 29.4 Å². The minimum absolute atomic E-state index is 0.166. The maximum Gasteiger partial charge on any atom is 0.151 e. The minimum atomic E-state index is -3.70. The molecule has 1 aliphatic rings. The second kappa shape index (κ2) is 8.43. The van der Waals surface area contributed by atoms with Crippen molar-refractivity contribution in [3.63, 3.8) is 0 Å². The Balaban J connectivity index is 2.09. The smallest absolute Gasteiger partial charge is 0.151 e. The molecule has 0 atom stereocenters. The van der Waals surface area contributed by atoms with Crippen LogP contribution in [-0.4, -0.2) is 33.5 Å². The van der Waals surface area contributed by atoms with Gasteiger partial charge in [-0.15, -0.1) is 0 Å². The van der Waals surface area contributed by atoms with Gasteiger partial charge >= 0.3 is 0 Å². The van der Waals surface area contributed by atoms with E-state index >= 15 is 0 Å². The van der Waals surface area contributed by atoms with E-state index in [0.29, 0.717) is 24.1 Å². The number of fused-ring (bicyclic) bond motifs is 1. The molecule has 0 spiro atoms. The van der Waals surface area contributed by atoms with Crippen LogP contribution >= 0.6 is 11.0 Å². The summed E-state index contributed by atoms with van der Waals surface area (Å²) in [5.74, 6) is -1.79. The summed E-state index contributed by atoms with van der Waals surface area (Å²) in [6.45, 7) is 1.26. The number of halogens is 2. The van der Waals surface area contributed by atoms with Gasteiger partial charge in [0.1, 0.15) is 5.69 Å². The average molecular weight is 408 g/mol. The predicted molar refractivity (Wildman–Crippen MR) is 106 cm³/mol. The van der Waals surface area contributed by atoms with Gasteiger partial charge in [-0.3, -0.25) is 9.11 Å². The molecule has 0 saturated carbocycles. The third kappa shape index (κ3) is 3.83. The minimum Gasteiger partial charge on any atom is -0.320 e. The molecule has 1 aliphatic heterocycles. The van der Waals surface area contributed by atoms with Crippen LogP contribution in [0.25, 0.3) is 0 Å². The molecule has 0 aromatic heterocycles. The summed E-state index contributed by atoms with van der Waals surface area (Å²) in [4.78, 5) is 0. The zero-order chi connectivity index (χ0) is 20.3. The Bertz CT molecular complexity index is 884. The van der Waals surface area contributed by atoms with Crippen molar-refractivity contribution in [1.82, 2.24) is 9.62 Å². The van der Waals surface area contributed by atoms with Crippen LogP contribution in [0.3, 0.4) is 0 Å². The topological polar surface area (TPSA) is 82.8 Å². The second-order valence-corrected chi connectivity index (χ2v) is 8.35. The molecular formula is C19H22F2N4O2S. The number of unbranched alkanes of at least 4 members (excludes halogenated alkanes) is 1. The molecule has 2 aromatic rings. The van der Waals surface area contributed by atoms with Gasteiger partial charge in [-0.05, 0) is 73.3 Å². The number of rotatable bonds is 6. The van der Waals surface area contributed by atoms with Gasteiger partial charge in [0.05, 0.1) is 17.3 Å². The lowest BCUT2D eigenvalue weighted by atomic mass is 10.1. The van der Waals surface area contributed by atoms with Crippen LogP contribution in [0.4, 0.5) is 20.2 Å². The van der Waals surface area contributed by atoms with Crippen molar-refractivity contribution in [2.45, 2.75) is 19.4 Å². The van der Waals surface area contributed by atoms with Crippen molar-refractivity contribution < 1.29 is 17.9 Å². The van der Waals surface area contributed by atoms with Gasteiger partial charge in [0.2, 0.25) is 0 Å². The molecule has 6 nitrogen and oxygen atoms in total. The van der Waals surface area contributed by atoms with Gasteiger partial charge < -0.3 is 5.32 Å². The Hall–Kier alpha value is -2.22. The molecule has 3 rings (SSSR count). The van der Waals surface area contributed by atoms with E-state index in [-0.39, 0.29) is 12.2 Å². The summed E-state index contributed by atoms with van der Waals surface area (Å²) in [6, 6.07) is 9.99. The van der Waals surface area contributed by atoms with Crippen molar-refractivity contribution in [2.24, 2.45) is 0 Å². The van der Waals surface area contributed by atoms with Crippen LogP contribution in [0.1, 0.15) is 24.0 Å². The lowest BCUT2D eigenvalue weighted by molar-refractivity contribution is 0.329. The summed E-state index contributed by atoms with van der Waals surface area (Å²) >= 11 is 0. The number of anilines is 2. The Labute approximate surface area is 164 Å². The fourth-order valence-electron chi connectivity index (χ4n) is 3.22. The van der Waals surface area contributed by atoms with E-state index in [1.54, 1.807) is 6.07 Å². The van der Waals surface area contributed by atoms with Gasteiger partial charge in [0.15, 0.2) is 11.6 Å². The molecule has 0 radical (unpaired) electrons. The molecule has 0 saturated heterocycles. The molecule has 0 bridgehead atoms. The van der Waals surface area contributed by atoms with Gasteiger partial charge in [-0.25, -0.2) is 13.1 Å². The highest BCUT2D eigenvalue weighted by molar-refractivity contribution is 8.23. The van der Waals surface area contributed by atoms with Crippen LogP contribution in [-0.2, 0) is 6.54 Å². The molecule has 9 heteroatoms. The zero-order valence-corrected chi connectivity index (χ0v) is 16.2. The largest absolute Gasteiger partial charge is 0.320 e. The number of hydrogen-bond donors (Lipinski definition) is 3. The van der Waals surface area contributed by atoms with Gasteiger partial charge in [0, 0.05) is 13.1 Å². The maximum atomic E-state index is 14.5. The zero-order valence-electron chi connectivity index (χ0n) is 15.4. The Morgan fingerprint density at radius 1 is 1.18 bits per heavy atom. The predicted octanol–water partition coefficient (Wildman–Crippen LogP) is 4.37. The molecule has 0 fully saturated rings. The van der Waals surface area contributed by atoms with E-state index in [2.05, 4.69) is 5.32 Å². The van der Waals surface area contributed by atoms with E-state index in [1.807, 2.05) is 13.1 Å². The van der Waals surface area contributed by atoms with Crippen LogP contribution in [0.2, 0.25) is 0 Å². The Morgan fingerprint density at radius 2 is 1.89 bits per heavy atom. The lowest BCUT2D eigenvalue weighted by Crippen LogP contribution is -2.42. The highest BCUT2D eigenvalue weighted by atomic mass is 32.3. The fourth-order valence-corrected chi connectivity index (χ4v) is 5.00. The monoisotopic (exact) mass is 408 g/mol. The number of nitrogens with zero attached hydrogens (tertiary/aromatic N) is 3. The molecular weight excluding hydrogens is 386 g/mol. The number of hydrogen-bond acceptors (Lipinski definition) is 6. The Morgan fingerprint density at radius 3 is 2.54 bits per heavy atom. The third-order valence-corrected chi connectivity index (χ3v) is 6.46. The first kappa shape index (κ1) is 20.5. The molecule has 2 aromatic carbocycles. The lowest BCUT2D eigenvalue weighted by Gasteiger charge is -2.53. The quantitative estimate of drug-likeness (QED) is 0.616. The summed E-state index contributed by atoms with van der Waals surface area (Å²) in [7, 11) is -1.87. The average Bonchev–Trinajstić information content (AvgIpc) is 2.66. The number of para-hydroxylation sites is 1. The van der Waals surface area contributed by atoms with Crippen LogP contribution in [0, 0.1) is 23.0 Å². The SMILES string of the molecule is CNCCCCN1Cc2cc(C#N)ccc2N(c2c(F)cccc2F)S1(O)O. The van der Waals surface area contributed by atoms with E-state index in [1.165, 1.54) is 22.5 Å². The highest BCUT2D eigenvalue weighted by Crippen LogP contribution is 2.59. The Kier molecular flexibility index (Phi) is 6.17. The van der Waals surface area contributed by atoms with Crippen molar-refractivity contribution in [2.75, 3.05) is 24.4 Å². The summed E-state index contributed by atoms with van der Waals surface area (Å²) in [5, 5.41) is 12.2. The van der Waals surface area contributed by atoms with Crippen LogP contribution in [0.5, 0.6) is 0 Å². The molecule has 1 heterocycles. The summed E-state index contributed by atoms with van der Waals surface area (Å²) in [6.07, 6.45) is 1.47. The van der Waals surface area contributed by atoms with Gasteiger partial charge in [0.25, 0.3) is 0 Å². The standard InChI is InChI=1S/C19H22F2N4O2S/c1-23-9-2-3-10-24-13-15-11-14(12-22)7-8-18(15)25(28(24,26)27)19-16(20)5-4-6-17(19)21/h4-8,11,23,26-27H,2-3,9-10,13H2,1H3. The van der Waals surface area contributed by atoms with Crippen LogP contribution < -0.4 is 9.62 Å². The first-order chi connectivity index (χ1) is 13.4. The van der Waals surface area contributed by atoms with Crippen molar-refractivity contribution >= 4 is 22.3 Å². The summed E-state index contributed by atoms with van der Waals surface area (Å²) < 4.78 is 53.4. The van der Waals surface area contributed by atoms with E-state index in [9.17, 15) is 23.1 Å². The van der Waals surface area contributed by atoms with Crippen molar-refractivity contribution in [3.8, 4) is 6.07 Å². The van der Waals surface area contributed by atoms with Crippen LogP contribution in [0.15, 0.2) is 36.4 Å². The molecule has 0 amide bonds. The molecule has 28 heavy (non-hydrogen) atoms. The number of nitrogens with one attached hydrogen (secondary N) is 1. The second-order valence-electron chi connectivity index (χ2n) is 6.48. The number of nitriles is 1. The normalized spacial score (nSPS) is 17.1. The fraction of sp³-hybridized carbons (Fsp3) is 0.316. The van der Waals surface area contributed by atoms with Gasteiger partial charge in [-0.2, -0.15) is 9.57 Å². The highest BCUT2D eigenvalue weighted by Gasteiger charge is 2.40. The molecule has 0 unspecified atom stereocenters. The first-order valence-corrected chi connectivity index (χ1v) is 10.3. The first-order valence-electron chi connectivity index (χ1n) is 8.85. The maximum absolute atomic E-state index is 14.5. The molecule has 150 valence electrons. The van der Waals surface area contributed by atoms with Crippen molar-refractivity contribution in [1.29, 1.82) is 5.26 Å². The number of benzene rings is 2. The molecule has 0 aliphatic carbocycles.